The fourth-order valence-corrected chi connectivity index (χ4v) is 0.669. The van der Waals surface area contributed by atoms with Crippen LogP contribution >= 0.6 is 0 Å². The standard InChI is InChI=1S/C9H6N.C4H11Si.Zn/c1-2-8-3-5-9(7-10)6-4-8;1-5(2,3)4;/h1-6H;1H2,2-4H3;/q2*-1;+2. The number of benzene rings is 1. The van der Waals surface area contributed by atoms with E-state index in [0.29, 0.717) is 5.56 Å². The number of nitrogens with zero attached hydrogens (tertiary/aromatic N) is 1. The average molecular weight is 281 g/mol. The number of nitriles is 1. The van der Waals surface area contributed by atoms with Crippen LogP contribution in [0, 0.1) is 24.5 Å². The van der Waals surface area contributed by atoms with Crippen molar-refractivity contribution in [3.05, 3.63) is 48.5 Å². The van der Waals surface area contributed by atoms with Crippen LogP contribution in [-0.4, -0.2) is 8.07 Å². The molecular formula is C13H17NSiZn. The summed E-state index contributed by atoms with van der Waals surface area (Å²) in [5.41, 5.74) is 1.59. The van der Waals surface area contributed by atoms with Crippen molar-refractivity contribution in [1.29, 1.82) is 5.26 Å². The van der Waals surface area contributed by atoms with Crippen LogP contribution in [0.25, 0.3) is 6.08 Å². The Hall–Kier alpha value is -0.710. The van der Waals surface area contributed by atoms with Crippen molar-refractivity contribution in [3.63, 3.8) is 0 Å². The molecule has 0 radical (unpaired) electrons. The van der Waals surface area contributed by atoms with Gasteiger partial charge in [0.1, 0.15) is 0 Å². The van der Waals surface area contributed by atoms with Gasteiger partial charge in [-0.25, -0.2) is 6.08 Å². The largest absolute Gasteiger partial charge is 2.00 e. The molecule has 16 heavy (non-hydrogen) atoms. The molecule has 1 nitrogen and oxygen atoms in total. The van der Waals surface area contributed by atoms with E-state index in [1.54, 1.807) is 24.3 Å². The SMILES string of the molecule is [CH-]=Cc1ccc(C#N)cc1.[CH2-][Si](C)(C)C.[Zn+2]. The first kappa shape index (κ1) is 17.7. The minimum Gasteiger partial charge on any atom is -0.342 e. The molecule has 0 saturated carbocycles. The number of hydrogen-bond acceptors (Lipinski definition) is 1. The van der Waals surface area contributed by atoms with Crippen LogP contribution in [0.4, 0.5) is 0 Å². The fraction of sp³-hybridized carbons (Fsp3) is 0.231. The molecule has 0 fully saturated rings. The molecule has 0 aromatic heterocycles. The summed E-state index contributed by atoms with van der Waals surface area (Å²) < 4.78 is 0. The van der Waals surface area contributed by atoms with Crippen molar-refractivity contribution < 1.29 is 19.5 Å². The summed E-state index contributed by atoms with van der Waals surface area (Å²) in [5, 5.41) is 8.41. The van der Waals surface area contributed by atoms with Crippen LogP contribution in [0.15, 0.2) is 24.3 Å². The molecule has 0 aliphatic heterocycles. The van der Waals surface area contributed by atoms with Gasteiger partial charge in [-0.1, -0.05) is 31.8 Å². The van der Waals surface area contributed by atoms with Crippen LogP contribution in [0.5, 0.6) is 0 Å². The van der Waals surface area contributed by atoms with Crippen molar-refractivity contribution in [2.45, 2.75) is 19.6 Å². The van der Waals surface area contributed by atoms with Crippen molar-refractivity contribution in [1.82, 2.24) is 0 Å². The van der Waals surface area contributed by atoms with Crippen LogP contribution < -0.4 is 0 Å². The Labute approximate surface area is 113 Å². The molecule has 0 saturated heterocycles. The van der Waals surface area contributed by atoms with Crippen LogP contribution in [0.2, 0.25) is 19.6 Å². The molecule has 0 amide bonds. The number of rotatable bonds is 1. The van der Waals surface area contributed by atoms with Gasteiger partial charge in [-0.15, -0.1) is 20.2 Å². The van der Waals surface area contributed by atoms with E-state index in [1.165, 1.54) is 6.08 Å². The van der Waals surface area contributed by atoms with Gasteiger partial charge in [0, 0.05) is 5.56 Å². The summed E-state index contributed by atoms with van der Waals surface area (Å²) in [6, 6.07) is 9.10. The first-order chi connectivity index (χ1) is 6.86. The van der Waals surface area contributed by atoms with E-state index >= 15 is 0 Å². The Balaban J connectivity index is 0. The molecule has 0 unspecified atom stereocenters. The molecule has 1 rings (SSSR count). The molecule has 0 atom stereocenters. The van der Waals surface area contributed by atoms with Crippen LogP contribution in [0.1, 0.15) is 11.1 Å². The van der Waals surface area contributed by atoms with E-state index in [1.807, 2.05) is 6.07 Å². The molecule has 0 bridgehead atoms. The topological polar surface area (TPSA) is 23.8 Å². The summed E-state index contributed by atoms with van der Waals surface area (Å²) in [5.74, 6) is 0. The van der Waals surface area contributed by atoms with E-state index < -0.39 is 8.07 Å². The maximum absolute atomic E-state index is 8.41. The Bertz CT molecular complexity index is 338. The molecule has 1 aromatic rings. The Morgan fingerprint density at radius 3 is 1.88 bits per heavy atom. The first-order valence-electron chi connectivity index (χ1n) is 4.77. The average Bonchev–Trinajstić information content (AvgIpc) is 2.15. The van der Waals surface area contributed by atoms with Gasteiger partial charge >= 0.3 is 19.5 Å². The van der Waals surface area contributed by atoms with E-state index in [9.17, 15) is 0 Å². The predicted molar refractivity (Wildman–Crippen MR) is 68.6 cm³/mol. The van der Waals surface area contributed by atoms with Gasteiger partial charge < -0.3 is 6.55 Å². The molecule has 0 heterocycles. The smallest absolute Gasteiger partial charge is 0.342 e. The summed E-state index contributed by atoms with van der Waals surface area (Å²) in [6.45, 7) is 15.8. The molecule has 80 valence electrons. The van der Waals surface area contributed by atoms with E-state index in [-0.39, 0.29) is 19.5 Å². The second-order valence-electron chi connectivity index (χ2n) is 4.46. The van der Waals surface area contributed by atoms with E-state index in [2.05, 4.69) is 26.2 Å². The Morgan fingerprint density at radius 2 is 1.62 bits per heavy atom. The quantitative estimate of drug-likeness (QED) is 0.568. The van der Waals surface area contributed by atoms with Crippen molar-refractivity contribution >= 4 is 14.1 Å². The van der Waals surface area contributed by atoms with Gasteiger partial charge in [0.2, 0.25) is 0 Å². The summed E-state index contributed by atoms with van der Waals surface area (Å²) in [6.07, 6.45) is 1.50. The molecule has 1 aromatic carbocycles. The summed E-state index contributed by atoms with van der Waals surface area (Å²) in [4.78, 5) is 0. The molecule has 3 heteroatoms. The zero-order valence-corrected chi connectivity index (χ0v) is 14.3. The minimum atomic E-state index is -0.861. The van der Waals surface area contributed by atoms with Gasteiger partial charge in [0.15, 0.2) is 0 Å². The van der Waals surface area contributed by atoms with Gasteiger partial charge in [0.05, 0.1) is 6.07 Å². The third-order valence-electron chi connectivity index (χ3n) is 1.23. The maximum atomic E-state index is 8.41. The second kappa shape index (κ2) is 8.44. The Kier molecular flexibility index (Phi) is 9.33. The molecule has 0 spiro atoms. The summed E-state index contributed by atoms with van der Waals surface area (Å²) >= 11 is 0. The van der Waals surface area contributed by atoms with Gasteiger partial charge in [-0.3, -0.25) is 6.58 Å². The number of hydrogen-bond donors (Lipinski definition) is 0. The zero-order valence-electron chi connectivity index (χ0n) is 10.3. The van der Waals surface area contributed by atoms with Gasteiger partial charge in [-0.2, -0.15) is 10.8 Å². The van der Waals surface area contributed by atoms with Crippen LogP contribution in [0.3, 0.4) is 0 Å². The maximum Gasteiger partial charge on any atom is 2.00 e. The Morgan fingerprint density at radius 1 is 1.25 bits per heavy atom. The van der Waals surface area contributed by atoms with Crippen molar-refractivity contribution in [2.24, 2.45) is 0 Å². The van der Waals surface area contributed by atoms with Gasteiger partial charge in [0.25, 0.3) is 0 Å². The van der Waals surface area contributed by atoms with Crippen molar-refractivity contribution in [3.8, 4) is 6.07 Å². The predicted octanol–water partition coefficient (Wildman–Crippen LogP) is 3.70. The third kappa shape index (κ3) is 11.4. The van der Waals surface area contributed by atoms with Gasteiger partial charge in [-0.05, 0) is 0 Å². The monoisotopic (exact) mass is 279 g/mol. The molecule has 0 aliphatic carbocycles. The summed E-state index contributed by atoms with van der Waals surface area (Å²) in [7, 11) is -0.861. The fourth-order valence-electron chi connectivity index (χ4n) is 0.669. The molecule has 0 aliphatic rings. The van der Waals surface area contributed by atoms with E-state index in [0.717, 1.165) is 5.56 Å². The second-order valence-corrected chi connectivity index (χ2v) is 9.58. The third-order valence-corrected chi connectivity index (χ3v) is 1.23. The normalized spacial score (nSPS) is 8.94. The zero-order chi connectivity index (χ0) is 11.9. The van der Waals surface area contributed by atoms with Crippen LogP contribution in [-0.2, 0) is 19.5 Å². The van der Waals surface area contributed by atoms with Crippen molar-refractivity contribution in [2.75, 3.05) is 0 Å². The molecule has 0 N–H and O–H groups in total. The minimum absolute atomic E-state index is 0. The molecular weight excluding hydrogens is 264 g/mol. The first-order valence-corrected chi connectivity index (χ1v) is 8.48. The van der Waals surface area contributed by atoms with E-state index in [4.69, 9.17) is 11.8 Å².